The Bertz CT molecular complexity index is 2160. The van der Waals surface area contributed by atoms with Crippen LogP contribution in [0.15, 0.2) is 115 Å². The number of ether oxygens (including phenoxy) is 2. The number of nitrogens with zero attached hydrogens (tertiary/aromatic N) is 2. The van der Waals surface area contributed by atoms with Gasteiger partial charge in [0.15, 0.2) is 6.29 Å². The minimum absolute atomic E-state index is 0.0416. The molecule has 2 N–H and O–H groups in total. The molecule has 7 rings (SSSR count). The molecule has 2 aliphatic heterocycles. The summed E-state index contributed by atoms with van der Waals surface area (Å²) in [4.78, 5) is 27.7. The summed E-state index contributed by atoms with van der Waals surface area (Å²) in [5.74, 6) is -2.59. The van der Waals surface area contributed by atoms with Crippen molar-refractivity contribution < 1.29 is 37.3 Å². The first-order chi connectivity index (χ1) is 27.0. The van der Waals surface area contributed by atoms with Crippen molar-refractivity contribution in [3.05, 3.63) is 143 Å². The van der Waals surface area contributed by atoms with E-state index in [1.165, 1.54) is 16.3 Å². The second-order valence-corrected chi connectivity index (χ2v) is 14.8. The number of fused-ring (bicyclic) bond motifs is 1. The lowest BCUT2D eigenvalue weighted by Gasteiger charge is -2.39. The summed E-state index contributed by atoms with van der Waals surface area (Å²) in [7, 11) is 2.11. The number of benzene rings is 5. The summed E-state index contributed by atoms with van der Waals surface area (Å²) in [5, 5.41) is 14.8. The fraction of sp³-hybridized carbons (Fsp3) is 0.333. The van der Waals surface area contributed by atoms with Gasteiger partial charge in [-0.25, -0.2) is 0 Å². The van der Waals surface area contributed by atoms with E-state index < -0.39 is 30.3 Å². The Hall–Kier alpha value is -5.07. The fourth-order valence-corrected chi connectivity index (χ4v) is 7.71. The summed E-state index contributed by atoms with van der Waals surface area (Å²) < 4.78 is 52.7. The lowest BCUT2D eigenvalue weighted by atomic mass is 9.97. The van der Waals surface area contributed by atoms with Gasteiger partial charge in [-0.15, -0.1) is 0 Å². The van der Waals surface area contributed by atoms with Crippen molar-refractivity contribution in [1.29, 1.82) is 0 Å². The topological polar surface area (TPSA) is 91.3 Å². The number of likely N-dealkylation sites (tertiary alicyclic amines) is 1. The largest absolute Gasteiger partial charge is 0.471 e. The second kappa shape index (κ2) is 17.0. The van der Waals surface area contributed by atoms with Gasteiger partial charge in [0, 0.05) is 37.7 Å². The minimum atomic E-state index is -5.03. The maximum atomic E-state index is 13.1. The maximum absolute atomic E-state index is 13.1. The molecule has 5 aromatic rings. The van der Waals surface area contributed by atoms with E-state index in [4.69, 9.17) is 9.47 Å². The van der Waals surface area contributed by atoms with Crippen molar-refractivity contribution in [2.75, 3.05) is 20.1 Å². The van der Waals surface area contributed by atoms with Gasteiger partial charge in [-0.2, -0.15) is 13.2 Å². The third-order valence-electron chi connectivity index (χ3n) is 11.0. The number of hydrogen-bond donors (Lipinski definition) is 2. The molecule has 2 fully saturated rings. The molecule has 5 aromatic carbocycles. The number of rotatable bonds is 11. The molecule has 2 heterocycles. The zero-order chi connectivity index (χ0) is 39.4. The van der Waals surface area contributed by atoms with Gasteiger partial charge in [0.1, 0.15) is 6.04 Å². The van der Waals surface area contributed by atoms with Crippen LogP contribution in [0.4, 0.5) is 13.2 Å². The van der Waals surface area contributed by atoms with Crippen LogP contribution >= 0.6 is 0 Å². The van der Waals surface area contributed by atoms with Crippen molar-refractivity contribution in [1.82, 2.24) is 15.1 Å². The van der Waals surface area contributed by atoms with Crippen molar-refractivity contribution in [2.24, 2.45) is 0 Å². The standard InChI is InChI=1S/C45H46F3N3O5/c1-29(34-20-19-32-9-3-4-10-36(32)23-34)50(2)27-39-25-41(33-17-15-30(28-52)16-18-33)56-43(55-39)38-13-6-12-37(24-38)35-11-5-8-31(22-35)26-49-42(53)40-14-7-21-51(40)44(54)45(46,47)48/h3-6,8-13,15-20,22-24,29,39-41,43,52H,7,14,21,25-28H2,1-2H3,(H,49,53). The Morgan fingerprint density at radius 1 is 0.857 bits per heavy atom. The van der Waals surface area contributed by atoms with Gasteiger partial charge in [-0.05, 0) is 89.2 Å². The van der Waals surface area contributed by atoms with E-state index in [2.05, 4.69) is 60.6 Å². The third kappa shape index (κ3) is 8.97. The molecule has 292 valence electrons. The molecule has 0 aromatic heterocycles. The maximum Gasteiger partial charge on any atom is 0.471 e. The summed E-state index contributed by atoms with van der Waals surface area (Å²) in [6.07, 6.45) is -4.96. The summed E-state index contributed by atoms with van der Waals surface area (Å²) >= 11 is 0. The number of nitrogens with one attached hydrogen (secondary N) is 1. The lowest BCUT2D eigenvalue weighted by Crippen LogP contribution is -2.50. The number of alkyl halides is 3. The molecule has 5 unspecified atom stereocenters. The van der Waals surface area contributed by atoms with Crippen LogP contribution in [0.1, 0.15) is 72.4 Å². The molecule has 56 heavy (non-hydrogen) atoms. The molecule has 0 radical (unpaired) electrons. The molecule has 11 heteroatoms. The number of halogens is 3. The van der Waals surface area contributed by atoms with Gasteiger partial charge in [0.2, 0.25) is 5.91 Å². The van der Waals surface area contributed by atoms with Crippen LogP contribution in [0.2, 0.25) is 0 Å². The number of aliphatic hydroxyl groups excluding tert-OH is 1. The normalized spacial score (nSPS) is 20.7. The van der Waals surface area contributed by atoms with E-state index in [9.17, 15) is 27.9 Å². The quantitative estimate of drug-likeness (QED) is 0.140. The van der Waals surface area contributed by atoms with E-state index in [-0.39, 0.29) is 44.4 Å². The highest BCUT2D eigenvalue weighted by atomic mass is 19.4. The van der Waals surface area contributed by atoms with Crippen LogP contribution in [-0.2, 0) is 32.2 Å². The zero-order valence-corrected chi connectivity index (χ0v) is 31.4. The molecule has 0 spiro atoms. The molecular weight excluding hydrogens is 720 g/mol. The molecule has 2 aliphatic rings. The first-order valence-corrected chi connectivity index (χ1v) is 19.0. The first kappa shape index (κ1) is 39.2. The van der Waals surface area contributed by atoms with Gasteiger partial charge in [0.25, 0.3) is 0 Å². The highest BCUT2D eigenvalue weighted by Crippen LogP contribution is 2.40. The Balaban J connectivity index is 1.07. The van der Waals surface area contributed by atoms with Crippen LogP contribution in [0.25, 0.3) is 21.9 Å². The molecule has 0 saturated carbocycles. The SMILES string of the molecule is CC(c1ccc2ccccc2c1)N(C)CC1CC(c2ccc(CO)cc2)OC(c2cccc(-c3cccc(CNC(=O)C4CCCN4C(=O)C(F)(F)F)c3)c2)O1. The van der Waals surface area contributed by atoms with Crippen molar-refractivity contribution in [2.45, 2.75) is 76.1 Å². The summed E-state index contributed by atoms with van der Waals surface area (Å²) in [6.45, 7) is 2.81. The Morgan fingerprint density at radius 3 is 2.34 bits per heavy atom. The second-order valence-electron chi connectivity index (χ2n) is 14.8. The summed E-state index contributed by atoms with van der Waals surface area (Å²) in [5.41, 5.74) is 6.41. The van der Waals surface area contributed by atoms with Crippen LogP contribution in [-0.4, -0.2) is 65.2 Å². The van der Waals surface area contributed by atoms with Gasteiger partial charge < -0.3 is 24.8 Å². The Kier molecular flexibility index (Phi) is 11.9. The third-order valence-corrected chi connectivity index (χ3v) is 11.0. The average molecular weight is 766 g/mol. The summed E-state index contributed by atoms with van der Waals surface area (Å²) in [6, 6.07) is 37.2. The highest BCUT2D eigenvalue weighted by molar-refractivity contribution is 5.90. The fourth-order valence-electron chi connectivity index (χ4n) is 7.71. The highest BCUT2D eigenvalue weighted by Gasteiger charge is 2.47. The van der Waals surface area contributed by atoms with Gasteiger partial charge >= 0.3 is 12.1 Å². The van der Waals surface area contributed by atoms with E-state index >= 15 is 0 Å². The zero-order valence-electron chi connectivity index (χ0n) is 31.4. The molecule has 2 amide bonds. The predicted molar refractivity (Wildman–Crippen MR) is 208 cm³/mol. The van der Waals surface area contributed by atoms with Crippen LogP contribution in [0.3, 0.4) is 0 Å². The van der Waals surface area contributed by atoms with Crippen LogP contribution in [0, 0.1) is 0 Å². The smallest absolute Gasteiger partial charge is 0.392 e. The van der Waals surface area contributed by atoms with Gasteiger partial charge in [0.05, 0.1) is 18.8 Å². The molecule has 5 atom stereocenters. The average Bonchev–Trinajstić information content (AvgIpc) is 3.72. The number of carbonyl (C=O) groups is 2. The number of aliphatic hydroxyl groups is 1. The molecule has 8 nitrogen and oxygen atoms in total. The number of likely N-dealkylation sites (N-methyl/N-ethyl adjacent to an activating group) is 1. The molecule has 0 aliphatic carbocycles. The monoisotopic (exact) mass is 765 g/mol. The van der Waals surface area contributed by atoms with Crippen molar-refractivity contribution >= 4 is 22.6 Å². The number of hydrogen-bond acceptors (Lipinski definition) is 6. The Labute approximate surface area is 324 Å². The number of carbonyl (C=O) groups excluding carboxylic acids is 2. The molecule has 2 saturated heterocycles. The first-order valence-electron chi connectivity index (χ1n) is 19.0. The number of amides is 2. The van der Waals surface area contributed by atoms with Crippen molar-refractivity contribution in [3.8, 4) is 11.1 Å². The van der Waals surface area contributed by atoms with E-state index in [0.717, 1.165) is 33.4 Å². The Morgan fingerprint density at radius 2 is 1.59 bits per heavy atom. The van der Waals surface area contributed by atoms with E-state index in [1.54, 1.807) is 0 Å². The predicted octanol–water partition coefficient (Wildman–Crippen LogP) is 8.41. The van der Waals surface area contributed by atoms with Gasteiger partial charge in [-0.3, -0.25) is 14.5 Å². The minimum Gasteiger partial charge on any atom is -0.392 e. The lowest BCUT2D eigenvalue weighted by molar-refractivity contribution is -0.253. The van der Waals surface area contributed by atoms with Crippen LogP contribution in [0.5, 0.6) is 0 Å². The van der Waals surface area contributed by atoms with E-state index in [1.807, 2.05) is 78.9 Å². The molecular formula is C45H46F3N3O5. The van der Waals surface area contributed by atoms with Gasteiger partial charge in [-0.1, -0.05) is 97.1 Å². The van der Waals surface area contributed by atoms with Crippen LogP contribution < -0.4 is 5.32 Å². The van der Waals surface area contributed by atoms with Crippen molar-refractivity contribution in [3.63, 3.8) is 0 Å². The molecule has 0 bridgehead atoms. The van der Waals surface area contributed by atoms with E-state index in [0.29, 0.717) is 24.3 Å².